The summed E-state index contributed by atoms with van der Waals surface area (Å²) in [7, 11) is 0. The number of hydrogen-bond acceptors (Lipinski definition) is 2. The number of aryl methyl sites for hydroxylation is 1. The van der Waals surface area contributed by atoms with Gasteiger partial charge in [0.25, 0.3) is 0 Å². The lowest BCUT2D eigenvalue weighted by atomic mass is 9.84. The molecule has 2 N–H and O–H groups in total. The largest absolute Gasteiger partial charge is 0.318 e. The van der Waals surface area contributed by atoms with Crippen molar-refractivity contribution < 1.29 is 4.39 Å². The number of benzene rings is 2. The molecular weight excluding hydrogens is 263 g/mol. The maximum Gasteiger partial charge on any atom is 0.126 e. The predicted octanol–water partition coefficient (Wildman–Crippen LogP) is 3.90. The molecule has 3 rings (SSSR count). The fourth-order valence-electron chi connectivity index (χ4n) is 2.60. The average Bonchev–Trinajstić information content (AvgIpc) is 2.49. The molecule has 0 fully saturated rings. The lowest BCUT2D eigenvalue weighted by molar-refractivity contribution is 0.579. The third-order valence-electron chi connectivity index (χ3n) is 4.00. The number of aromatic nitrogens is 1. The molecule has 0 saturated carbocycles. The van der Waals surface area contributed by atoms with Gasteiger partial charge in [0.15, 0.2) is 0 Å². The van der Waals surface area contributed by atoms with Crippen LogP contribution in [0.15, 0.2) is 54.9 Å². The van der Waals surface area contributed by atoms with Gasteiger partial charge in [-0.25, -0.2) is 4.39 Å². The number of hydrogen-bond donors (Lipinski definition) is 1. The van der Waals surface area contributed by atoms with Crippen LogP contribution in [-0.4, -0.2) is 4.98 Å². The minimum atomic E-state index is -0.803. The van der Waals surface area contributed by atoms with Crippen molar-refractivity contribution in [3.8, 4) is 0 Å². The summed E-state index contributed by atoms with van der Waals surface area (Å²) in [5.41, 5.74) is 7.98. The summed E-state index contributed by atoms with van der Waals surface area (Å²) in [5.74, 6) is -0.239. The number of halogens is 1. The normalized spacial score (nSPS) is 14.1. The fraction of sp³-hybridized carbons (Fsp3) is 0.167. The molecule has 21 heavy (non-hydrogen) atoms. The standard InChI is InChI=1S/C18H17FN2/c1-12-7-8-14(9-17(12)19)18(2,20)16-11-21-10-13-5-3-4-6-15(13)16/h3-11H,20H2,1-2H3. The minimum absolute atomic E-state index is 0.239. The average molecular weight is 280 g/mol. The van der Waals surface area contributed by atoms with E-state index in [9.17, 15) is 4.39 Å². The van der Waals surface area contributed by atoms with Crippen LogP contribution in [0.1, 0.15) is 23.6 Å². The summed E-state index contributed by atoms with van der Waals surface area (Å²) in [6.07, 6.45) is 3.57. The van der Waals surface area contributed by atoms with E-state index >= 15 is 0 Å². The molecule has 0 aliphatic rings. The van der Waals surface area contributed by atoms with Crippen LogP contribution in [0.2, 0.25) is 0 Å². The zero-order chi connectivity index (χ0) is 15.0. The molecule has 0 saturated heterocycles. The lowest BCUT2D eigenvalue weighted by Gasteiger charge is -2.27. The molecule has 1 heterocycles. The second-order valence-electron chi connectivity index (χ2n) is 5.57. The summed E-state index contributed by atoms with van der Waals surface area (Å²) in [6, 6.07) is 13.1. The van der Waals surface area contributed by atoms with E-state index in [-0.39, 0.29) is 5.82 Å². The highest BCUT2D eigenvalue weighted by atomic mass is 19.1. The molecule has 3 heteroatoms. The Morgan fingerprint density at radius 2 is 1.86 bits per heavy atom. The molecule has 1 atom stereocenters. The van der Waals surface area contributed by atoms with Gasteiger partial charge in [-0.1, -0.05) is 36.4 Å². The quantitative estimate of drug-likeness (QED) is 0.773. The van der Waals surface area contributed by atoms with Gasteiger partial charge in [0.1, 0.15) is 5.82 Å². The van der Waals surface area contributed by atoms with Gasteiger partial charge in [-0.3, -0.25) is 4.98 Å². The third kappa shape index (κ3) is 2.30. The summed E-state index contributed by atoms with van der Waals surface area (Å²) >= 11 is 0. The SMILES string of the molecule is Cc1ccc(C(C)(N)c2cncc3ccccc23)cc1F. The Kier molecular flexibility index (Phi) is 3.22. The van der Waals surface area contributed by atoms with E-state index in [1.807, 2.05) is 43.5 Å². The lowest BCUT2D eigenvalue weighted by Crippen LogP contribution is -2.34. The van der Waals surface area contributed by atoms with Gasteiger partial charge < -0.3 is 5.73 Å². The van der Waals surface area contributed by atoms with Gasteiger partial charge in [-0.2, -0.15) is 0 Å². The van der Waals surface area contributed by atoms with Crippen LogP contribution in [0.5, 0.6) is 0 Å². The summed E-state index contributed by atoms with van der Waals surface area (Å²) < 4.78 is 13.9. The summed E-state index contributed by atoms with van der Waals surface area (Å²) in [6.45, 7) is 3.63. The molecule has 0 amide bonds. The maximum atomic E-state index is 13.9. The number of nitrogens with two attached hydrogens (primary N) is 1. The molecule has 1 aromatic heterocycles. The Balaban J connectivity index is 2.22. The summed E-state index contributed by atoms with van der Waals surface area (Å²) in [5, 5.41) is 2.07. The van der Waals surface area contributed by atoms with Crippen LogP contribution in [0.25, 0.3) is 10.8 Å². The molecule has 2 nitrogen and oxygen atoms in total. The van der Waals surface area contributed by atoms with E-state index in [2.05, 4.69) is 4.98 Å². The van der Waals surface area contributed by atoms with Gasteiger partial charge in [-0.15, -0.1) is 0 Å². The van der Waals surface area contributed by atoms with Crippen molar-refractivity contribution in [3.63, 3.8) is 0 Å². The predicted molar refractivity (Wildman–Crippen MR) is 83.5 cm³/mol. The Bertz CT molecular complexity index is 804. The number of fused-ring (bicyclic) bond motifs is 1. The first-order valence-electron chi connectivity index (χ1n) is 6.89. The van der Waals surface area contributed by atoms with Crippen molar-refractivity contribution in [3.05, 3.63) is 77.4 Å². The first kappa shape index (κ1) is 13.7. The Morgan fingerprint density at radius 3 is 2.62 bits per heavy atom. The highest BCUT2D eigenvalue weighted by molar-refractivity contribution is 5.86. The minimum Gasteiger partial charge on any atom is -0.318 e. The summed E-state index contributed by atoms with van der Waals surface area (Å²) in [4.78, 5) is 4.27. The van der Waals surface area contributed by atoms with Gasteiger partial charge >= 0.3 is 0 Å². The van der Waals surface area contributed by atoms with Gasteiger partial charge in [0.2, 0.25) is 0 Å². The van der Waals surface area contributed by atoms with Crippen LogP contribution in [0.4, 0.5) is 4.39 Å². The van der Waals surface area contributed by atoms with Crippen molar-refractivity contribution in [2.24, 2.45) is 5.73 Å². The van der Waals surface area contributed by atoms with E-state index in [0.29, 0.717) is 5.56 Å². The van der Waals surface area contributed by atoms with E-state index in [4.69, 9.17) is 5.73 Å². The maximum absolute atomic E-state index is 13.9. The number of nitrogens with zero attached hydrogens (tertiary/aromatic N) is 1. The fourth-order valence-corrected chi connectivity index (χ4v) is 2.60. The van der Waals surface area contributed by atoms with Gasteiger partial charge in [-0.05, 0) is 36.4 Å². The van der Waals surface area contributed by atoms with Gasteiger partial charge in [0.05, 0.1) is 5.54 Å². The van der Waals surface area contributed by atoms with Crippen LogP contribution < -0.4 is 5.73 Å². The molecule has 0 spiro atoms. The van der Waals surface area contributed by atoms with E-state index in [1.54, 1.807) is 19.2 Å². The zero-order valence-electron chi connectivity index (χ0n) is 12.1. The van der Waals surface area contributed by atoms with Crippen LogP contribution in [-0.2, 0) is 5.54 Å². The zero-order valence-corrected chi connectivity index (χ0v) is 12.1. The van der Waals surface area contributed by atoms with Crippen molar-refractivity contribution in [1.82, 2.24) is 4.98 Å². The Labute approximate surface area is 123 Å². The van der Waals surface area contributed by atoms with Gasteiger partial charge in [0, 0.05) is 23.3 Å². The molecule has 0 aliphatic carbocycles. The molecule has 2 aromatic carbocycles. The molecule has 0 aliphatic heterocycles. The van der Waals surface area contributed by atoms with Crippen molar-refractivity contribution in [2.75, 3.05) is 0 Å². The molecule has 1 unspecified atom stereocenters. The number of rotatable bonds is 2. The van der Waals surface area contributed by atoms with Crippen molar-refractivity contribution in [1.29, 1.82) is 0 Å². The van der Waals surface area contributed by atoms with E-state index in [1.165, 1.54) is 6.07 Å². The number of pyridine rings is 1. The van der Waals surface area contributed by atoms with Crippen molar-refractivity contribution in [2.45, 2.75) is 19.4 Å². The first-order chi connectivity index (χ1) is 10.00. The van der Waals surface area contributed by atoms with E-state index < -0.39 is 5.54 Å². The van der Waals surface area contributed by atoms with Crippen LogP contribution >= 0.6 is 0 Å². The Morgan fingerprint density at radius 1 is 1.10 bits per heavy atom. The first-order valence-corrected chi connectivity index (χ1v) is 6.89. The van der Waals surface area contributed by atoms with Crippen molar-refractivity contribution >= 4 is 10.8 Å². The molecule has 3 aromatic rings. The van der Waals surface area contributed by atoms with Crippen LogP contribution in [0.3, 0.4) is 0 Å². The van der Waals surface area contributed by atoms with E-state index in [0.717, 1.165) is 21.9 Å². The monoisotopic (exact) mass is 280 g/mol. The Hall–Kier alpha value is -2.26. The second kappa shape index (κ2) is 4.93. The smallest absolute Gasteiger partial charge is 0.126 e. The molecule has 0 radical (unpaired) electrons. The third-order valence-corrected chi connectivity index (χ3v) is 4.00. The second-order valence-corrected chi connectivity index (χ2v) is 5.57. The molecular formula is C18H17FN2. The molecule has 106 valence electrons. The highest BCUT2D eigenvalue weighted by Gasteiger charge is 2.26. The molecule has 0 bridgehead atoms. The topological polar surface area (TPSA) is 38.9 Å². The highest BCUT2D eigenvalue weighted by Crippen LogP contribution is 2.32. The van der Waals surface area contributed by atoms with Crippen LogP contribution in [0, 0.1) is 12.7 Å².